The number of methoxy groups -OCH3 is 2. The summed E-state index contributed by atoms with van der Waals surface area (Å²) in [6, 6.07) is 0. The molecule has 0 bridgehead atoms. The molecule has 0 heterocycles. The van der Waals surface area contributed by atoms with Crippen LogP contribution in [0.3, 0.4) is 0 Å². The third-order valence-electron chi connectivity index (χ3n) is 38.7. The van der Waals surface area contributed by atoms with Crippen molar-refractivity contribution in [3.63, 3.8) is 0 Å². The lowest BCUT2D eigenvalue weighted by molar-refractivity contribution is -0.174. The van der Waals surface area contributed by atoms with Gasteiger partial charge in [0, 0.05) is 14.2 Å². The molecule has 7 nitrogen and oxygen atoms in total. The highest BCUT2D eigenvalue weighted by molar-refractivity contribution is 5.15. The van der Waals surface area contributed by atoms with E-state index in [1.165, 1.54) is 180 Å². The summed E-state index contributed by atoms with van der Waals surface area (Å²) >= 11 is 0. The van der Waals surface area contributed by atoms with Gasteiger partial charge < -0.3 is 34.6 Å². The molecule has 7 heteroatoms. The molecule has 538 valence electrons. The van der Waals surface area contributed by atoms with Crippen LogP contribution in [-0.2, 0) is 14.2 Å². The average molecular weight is 1310 g/mol. The molecule has 36 atom stereocenters. The summed E-state index contributed by atoms with van der Waals surface area (Å²) in [5, 5.41) is 42.1. The SMILES string of the molecule is CC[C@H]1C[C@@]2(C)[C@@H](CC[C@@H]3[C@@H]2CC[C@]2(C)[C@@H](C)CC[C@@H]32)C[C@@H]1O.CO[C@H]1C[C@@]2(C)[C@@H](CC[C@@H]3[C@@H]2CC[C@]2(C)[C@@H](C)CC[C@@H]32)C[C@@H]1O.CO[C@H]1C[C@@]2(C)[C@@H](CC[C@@H]3[C@@H]2CC[C@]2(C)[C@H](C)CC[C@@H]32)C[C@@H]1O.C[C@H]1CC[C@H]2[C@@H]3CC[C@H]4C[C@H](O)[C@@H](OC5CC5)C[C@]4(C)[C@H]3CC[C@]12C. The lowest BCUT2D eigenvalue weighted by Crippen LogP contribution is -2.57. The summed E-state index contributed by atoms with van der Waals surface area (Å²) in [6.07, 6.45) is 46.6. The molecule has 0 saturated heterocycles. The van der Waals surface area contributed by atoms with Crippen LogP contribution in [0.15, 0.2) is 0 Å². The molecule has 0 aromatic heterocycles. The van der Waals surface area contributed by atoms with Crippen molar-refractivity contribution in [2.45, 2.75) is 364 Å². The van der Waals surface area contributed by atoms with Crippen LogP contribution in [0.5, 0.6) is 0 Å². The van der Waals surface area contributed by atoms with Gasteiger partial charge in [-0.25, -0.2) is 0 Å². The molecule has 0 unspecified atom stereocenters. The largest absolute Gasteiger partial charge is 0.393 e. The maximum absolute atomic E-state index is 10.7. The summed E-state index contributed by atoms with van der Waals surface area (Å²) in [7, 11) is 3.57. The van der Waals surface area contributed by atoms with Crippen LogP contribution < -0.4 is 0 Å². The van der Waals surface area contributed by atoms with Crippen molar-refractivity contribution >= 4 is 0 Å². The van der Waals surface area contributed by atoms with E-state index in [4.69, 9.17) is 14.2 Å². The first-order valence-corrected chi connectivity index (χ1v) is 42.0. The lowest BCUT2D eigenvalue weighted by Gasteiger charge is -2.62. The van der Waals surface area contributed by atoms with Gasteiger partial charge in [-0.05, 0) is 386 Å². The second kappa shape index (κ2) is 26.1. The Hall–Kier alpha value is -0.280. The minimum atomic E-state index is -0.241. The van der Waals surface area contributed by atoms with E-state index in [0.29, 0.717) is 67.2 Å². The van der Waals surface area contributed by atoms with Gasteiger partial charge in [0.1, 0.15) is 0 Å². The molecule has 0 aromatic carbocycles. The number of aliphatic hydroxyl groups excluding tert-OH is 4. The number of aliphatic hydroxyl groups is 4. The molecule has 17 fully saturated rings. The van der Waals surface area contributed by atoms with Gasteiger partial charge in [0.15, 0.2) is 0 Å². The summed E-state index contributed by atoms with van der Waals surface area (Å²) < 4.78 is 17.6. The zero-order chi connectivity index (χ0) is 66.6. The summed E-state index contributed by atoms with van der Waals surface area (Å²) in [5.41, 5.74) is 4.21. The number of fused-ring (bicyclic) bond motifs is 20. The van der Waals surface area contributed by atoms with E-state index in [0.717, 1.165) is 151 Å². The van der Waals surface area contributed by atoms with Gasteiger partial charge in [0.2, 0.25) is 0 Å². The molecule has 17 rings (SSSR count). The van der Waals surface area contributed by atoms with Crippen LogP contribution in [0.2, 0.25) is 0 Å². The van der Waals surface area contributed by atoms with E-state index in [2.05, 4.69) is 90.0 Å². The maximum Gasteiger partial charge on any atom is 0.0843 e. The minimum Gasteiger partial charge on any atom is -0.393 e. The Balaban J connectivity index is 0.000000108. The molecule has 0 aromatic rings. The molecule has 94 heavy (non-hydrogen) atoms. The van der Waals surface area contributed by atoms with Crippen molar-refractivity contribution in [3.05, 3.63) is 0 Å². The fourth-order valence-electron chi connectivity index (χ4n) is 31.7. The van der Waals surface area contributed by atoms with E-state index in [1.807, 2.05) is 0 Å². The predicted octanol–water partition coefficient (Wildman–Crippen LogP) is 20.1. The van der Waals surface area contributed by atoms with Crippen molar-refractivity contribution < 1.29 is 34.6 Å². The van der Waals surface area contributed by atoms with Gasteiger partial charge in [0.05, 0.1) is 48.8 Å². The third kappa shape index (κ3) is 11.5. The van der Waals surface area contributed by atoms with E-state index in [1.54, 1.807) is 14.2 Å². The van der Waals surface area contributed by atoms with Crippen molar-refractivity contribution in [1.29, 1.82) is 0 Å². The summed E-state index contributed by atoms with van der Waals surface area (Å²) in [6.45, 7) is 33.1. The van der Waals surface area contributed by atoms with Crippen LogP contribution in [0.25, 0.3) is 0 Å². The standard InChI is InChI=1S/C23H38O2.C22H38O.2C21H36O2/c1-14-4-9-18-17-8-5-15-12-20(24)21(25-16-6-7-16)13-23(15,3)19(17)10-11-22(14,18)2;1-5-15-13-22(4)16(12-20(15)23)7-8-17-18-9-6-14(2)21(18,3)11-10-19(17)22;2*1-13-5-8-16-15-7-6-14-11-18(22)19(23-4)12-21(14,3)17(15)9-10-20(13,16)2/h14-21,24H,4-13H2,1-3H3;14-20,23H,5-13H2,1-4H3;2*13-19,22H,5-12H2,1-4H3/t14-,15-,17-,18-,19-,20-,21-,22+,23-;14-,15-,16-,17-,18-,19-,20-,21+,22-;13-,14+,15+,16+,17+,18+,19+,20-,21+;13-,14-,15-,16-,17-,18-,19-,20+,21-/m0010/s1. The van der Waals surface area contributed by atoms with E-state index in [-0.39, 0.29) is 42.7 Å². The Labute approximate surface area is 577 Å². The monoisotopic (exact) mass is 1310 g/mol. The molecule has 17 aliphatic rings. The van der Waals surface area contributed by atoms with Gasteiger partial charge in [-0.1, -0.05) is 96.4 Å². The highest BCUT2D eigenvalue weighted by Gasteiger charge is 2.66. The average Bonchev–Trinajstić information content (AvgIpc) is 1.30. The Morgan fingerprint density at radius 2 is 0.564 bits per heavy atom. The predicted molar refractivity (Wildman–Crippen MR) is 382 cm³/mol. The molecular weight excluding hydrogens is 1160 g/mol. The zero-order valence-electron chi connectivity index (χ0n) is 63.5. The molecule has 0 radical (unpaired) electrons. The normalized spacial score (nSPS) is 58.9. The first-order valence-electron chi connectivity index (χ1n) is 42.0. The third-order valence-corrected chi connectivity index (χ3v) is 38.7. The van der Waals surface area contributed by atoms with Crippen LogP contribution >= 0.6 is 0 Å². The van der Waals surface area contributed by atoms with E-state index in [9.17, 15) is 20.4 Å². The van der Waals surface area contributed by atoms with E-state index >= 15 is 0 Å². The summed E-state index contributed by atoms with van der Waals surface area (Å²) in [5.74, 6) is 18.5. The quantitative estimate of drug-likeness (QED) is 0.217. The van der Waals surface area contributed by atoms with Gasteiger partial charge in [-0.3, -0.25) is 0 Å². The number of rotatable bonds is 5. The smallest absolute Gasteiger partial charge is 0.0843 e. The highest BCUT2D eigenvalue weighted by atomic mass is 16.5. The Kier molecular flexibility index (Phi) is 19.7. The second-order valence-corrected chi connectivity index (χ2v) is 41.3. The van der Waals surface area contributed by atoms with Crippen LogP contribution in [-0.4, -0.2) is 83.5 Å². The number of hydrogen-bond acceptors (Lipinski definition) is 7. The Bertz CT molecular complexity index is 2400. The second-order valence-electron chi connectivity index (χ2n) is 41.3. The molecular formula is C87H148O7. The fraction of sp³-hybridized carbons (Fsp3) is 1.00. The first-order chi connectivity index (χ1) is 44.6. The Morgan fingerprint density at radius 3 is 0.851 bits per heavy atom. The Morgan fingerprint density at radius 1 is 0.298 bits per heavy atom. The molecule has 17 aliphatic carbocycles. The topological polar surface area (TPSA) is 109 Å². The molecule has 0 amide bonds. The fourth-order valence-corrected chi connectivity index (χ4v) is 31.7. The van der Waals surface area contributed by atoms with Crippen LogP contribution in [0.4, 0.5) is 0 Å². The number of ether oxygens (including phenoxy) is 3. The van der Waals surface area contributed by atoms with Crippen molar-refractivity contribution in [3.8, 4) is 0 Å². The minimum absolute atomic E-state index is 0.0185. The van der Waals surface area contributed by atoms with Crippen LogP contribution in [0, 0.1) is 168 Å². The van der Waals surface area contributed by atoms with Crippen molar-refractivity contribution in [1.82, 2.24) is 0 Å². The van der Waals surface area contributed by atoms with Crippen molar-refractivity contribution in [2.24, 2.45) is 168 Å². The molecule has 17 saturated carbocycles. The van der Waals surface area contributed by atoms with Crippen LogP contribution in [0.1, 0.15) is 315 Å². The van der Waals surface area contributed by atoms with Gasteiger partial charge in [-0.2, -0.15) is 0 Å². The molecule has 0 spiro atoms. The van der Waals surface area contributed by atoms with E-state index < -0.39 is 0 Å². The van der Waals surface area contributed by atoms with Gasteiger partial charge >= 0.3 is 0 Å². The summed E-state index contributed by atoms with van der Waals surface area (Å²) in [4.78, 5) is 0. The first kappa shape index (κ1) is 70.7. The maximum atomic E-state index is 10.7. The zero-order valence-corrected chi connectivity index (χ0v) is 63.5. The lowest BCUT2D eigenvalue weighted by atomic mass is 9.44. The molecule has 4 N–H and O–H groups in total. The number of hydrogen-bond donors (Lipinski definition) is 4. The molecule has 0 aliphatic heterocycles. The highest BCUT2D eigenvalue weighted by Crippen LogP contribution is 2.73. The van der Waals surface area contributed by atoms with Gasteiger partial charge in [-0.15, -0.1) is 0 Å². The van der Waals surface area contributed by atoms with Gasteiger partial charge in [0.25, 0.3) is 0 Å². The van der Waals surface area contributed by atoms with Crippen molar-refractivity contribution in [2.75, 3.05) is 14.2 Å².